The van der Waals surface area contributed by atoms with Crippen LogP contribution in [0, 0.1) is 6.92 Å². The van der Waals surface area contributed by atoms with Gasteiger partial charge in [0.1, 0.15) is 4.88 Å². The zero-order chi connectivity index (χ0) is 16.0. The molecule has 0 spiro atoms. The summed E-state index contributed by atoms with van der Waals surface area (Å²) in [6, 6.07) is 0. The Bertz CT molecular complexity index is 518. The summed E-state index contributed by atoms with van der Waals surface area (Å²) in [7, 11) is 0. The minimum absolute atomic E-state index is 0.0420. The van der Waals surface area contributed by atoms with E-state index >= 15 is 0 Å². The van der Waals surface area contributed by atoms with E-state index in [1.165, 1.54) is 18.3 Å². The van der Waals surface area contributed by atoms with Crippen LogP contribution in [0.4, 0.5) is 8.78 Å². The fourth-order valence-electron chi connectivity index (χ4n) is 1.88. The molecule has 0 saturated carbocycles. The second kappa shape index (κ2) is 8.22. The van der Waals surface area contributed by atoms with Crippen molar-refractivity contribution in [3.8, 4) is 0 Å². The number of ether oxygens (including phenoxy) is 1. The molecule has 1 aromatic heterocycles. The van der Waals surface area contributed by atoms with Gasteiger partial charge in [-0.3, -0.25) is 0 Å². The predicted octanol–water partition coefficient (Wildman–Crippen LogP) is 5.07. The highest BCUT2D eigenvalue weighted by molar-refractivity contribution is 7.13. The first kappa shape index (κ1) is 17.8. The molecule has 0 amide bonds. The van der Waals surface area contributed by atoms with Crippen molar-refractivity contribution in [3.05, 3.63) is 27.2 Å². The number of rotatable bonds is 7. The Morgan fingerprint density at radius 3 is 2.48 bits per heavy atom. The Labute approximate surface area is 128 Å². The summed E-state index contributed by atoms with van der Waals surface area (Å²) in [5.41, 5.74) is 0.595. The van der Waals surface area contributed by atoms with Gasteiger partial charge in [0.2, 0.25) is 0 Å². The maximum atomic E-state index is 12.2. The van der Waals surface area contributed by atoms with Gasteiger partial charge in [-0.1, -0.05) is 13.8 Å². The number of thiazole rings is 1. The quantitative estimate of drug-likeness (QED) is 0.659. The lowest BCUT2D eigenvalue weighted by Crippen LogP contribution is -2.06. The highest BCUT2D eigenvalue weighted by Crippen LogP contribution is 2.29. The van der Waals surface area contributed by atoms with Gasteiger partial charge in [0.15, 0.2) is 0 Å². The Kier molecular flexibility index (Phi) is 6.95. The number of nitrogens with zero attached hydrogens (tertiary/aromatic N) is 1. The average Bonchev–Trinajstić information content (AvgIpc) is 2.81. The van der Waals surface area contributed by atoms with Gasteiger partial charge in [-0.25, -0.2) is 9.78 Å². The first-order valence-corrected chi connectivity index (χ1v) is 7.87. The fourth-order valence-corrected chi connectivity index (χ4v) is 3.10. The molecular formula is C15H21F2NO2S. The van der Waals surface area contributed by atoms with E-state index in [2.05, 4.69) is 18.8 Å². The van der Waals surface area contributed by atoms with Gasteiger partial charge in [0, 0.05) is 12.3 Å². The molecule has 118 valence electrons. The van der Waals surface area contributed by atoms with Crippen LogP contribution in [-0.4, -0.2) is 17.6 Å². The van der Waals surface area contributed by atoms with Crippen LogP contribution >= 0.6 is 11.3 Å². The van der Waals surface area contributed by atoms with Crippen molar-refractivity contribution in [2.45, 2.75) is 52.9 Å². The highest BCUT2D eigenvalue weighted by Gasteiger charge is 2.20. The molecule has 0 fully saturated rings. The molecule has 0 saturated heterocycles. The van der Waals surface area contributed by atoms with Crippen molar-refractivity contribution >= 4 is 17.3 Å². The smallest absolute Gasteiger partial charge is 0.350 e. The summed E-state index contributed by atoms with van der Waals surface area (Å²) < 4.78 is 29.5. The second-order valence-electron chi connectivity index (χ2n) is 4.91. The molecule has 0 N–H and O–H groups in total. The number of hydrogen-bond donors (Lipinski definition) is 0. The lowest BCUT2D eigenvalue weighted by Gasteiger charge is -2.07. The van der Waals surface area contributed by atoms with Crippen LogP contribution in [0.25, 0.3) is 0 Å². The van der Waals surface area contributed by atoms with Gasteiger partial charge in [0.25, 0.3) is 6.08 Å². The summed E-state index contributed by atoms with van der Waals surface area (Å²) in [6.45, 7) is 7.23. The first-order valence-electron chi connectivity index (χ1n) is 7.05. The Morgan fingerprint density at radius 1 is 1.33 bits per heavy atom. The molecule has 6 heteroatoms. The van der Waals surface area contributed by atoms with Crippen molar-refractivity contribution in [3.63, 3.8) is 0 Å². The van der Waals surface area contributed by atoms with Gasteiger partial charge in [-0.2, -0.15) is 8.78 Å². The molecular weight excluding hydrogens is 296 g/mol. The maximum Gasteiger partial charge on any atom is 0.350 e. The van der Waals surface area contributed by atoms with E-state index in [9.17, 15) is 13.6 Å². The highest BCUT2D eigenvalue weighted by atomic mass is 32.1. The minimum atomic E-state index is -1.71. The van der Waals surface area contributed by atoms with Crippen LogP contribution in [0.3, 0.4) is 0 Å². The fraction of sp³-hybridized carbons (Fsp3) is 0.600. The van der Waals surface area contributed by atoms with Crippen molar-refractivity contribution in [1.29, 1.82) is 0 Å². The predicted molar refractivity (Wildman–Crippen MR) is 80.0 cm³/mol. The van der Waals surface area contributed by atoms with Gasteiger partial charge in [-0.05, 0) is 32.3 Å². The molecule has 21 heavy (non-hydrogen) atoms. The minimum Gasteiger partial charge on any atom is -0.461 e. The van der Waals surface area contributed by atoms with Crippen LogP contribution in [0.2, 0.25) is 0 Å². The molecule has 0 radical (unpaired) electrons. The first-order chi connectivity index (χ1) is 9.90. The van der Waals surface area contributed by atoms with E-state index < -0.39 is 12.0 Å². The van der Waals surface area contributed by atoms with Crippen molar-refractivity contribution in [1.82, 2.24) is 4.98 Å². The van der Waals surface area contributed by atoms with Gasteiger partial charge in [0.05, 0.1) is 17.3 Å². The largest absolute Gasteiger partial charge is 0.461 e. The topological polar surface area (TPSA) is 39.2 Å². The molecule has 1 aromatic rings. The summed E-state index contributed by atoms with van der Waals surface area (Å²) in [5.74, 6) is -0.129. The summed E-state index contributed by atoms with van der Waals surface area (Å²) in [5, 5.41) is 0.940. The molecule has 0 aliphatic carbocycles. The van der Waals surface area contributed by atoms with E-state index in [1.54, 1.807) is 6.92 Å². The molecule has 0 unspecified atom stereocenters. The number of carbonyl (C=O) groups excluding carboxylic acids is 1. The average molecular weight is 317 g/mol. The third kappa shape index (κ3) is 4.88. The SMILES string of the molecule is CCC(CC)c1nc(C)c(C(=O)OCCC(C)=C(F)F)s1. The van der Waals surface area contributed by atoms with Crippen molar-refractivity contribution < 1.29 is 18.3 Å². The molecule has 0 bridgehead atoms. The van der Waals surface area contributed by atoms with Crippen LogP contribution in [0.15, 0.2) is 11.7 Å². The van der Waals surface area contributed by atoms with E-state index in [0.717, 1.165) is 17.8 Å². The third-order valence-corrected chi connectivity index (χ3v) is 4.67. The molecule has 3 nitrogen and oxygen atoms in total. The van der Waals surface area contributed by atoms with Crippen LogP contribution in [0.5, 0.6) is 0 Å². The summed E-state index contributed by atoms with van der Waals surface area (Å²) in [6.07, 6.45) is 0.275. The molecule has 0 aliphatic rings. The van der Waals surface area contributed by atoms with Crippen LogP contribution in [0.1, 0.15) is 66.3 Å². The number of aryl methyl sites for hydroxylation is 1. The van der Waals surface area contributed by atoms with Crippen LogP contribution in [-0.2, 0) is 4.74 Å². The van der Waals surface area contributed by atoms with E-state index in [4.69, 9.17) is 4.74 Å². The number of aromatic nitrogens is 1. The lowest BCUT2D eigenvalue weighted by molar-refractivity contribution is 0.0512. The van der Waals surface area contributed by atoms with Crippen molar-refractivity contribution in [2.75, 3.05) is 6.61 Å². The Hall–Kier alpha value is -1.30. The zero-order valence-corrected chi connectivity index (χ0v) is 13.7. The molecule has 0 atom stereocenters. The Balaban J connectivity index is 2.69. The number of esters is 1. The van der Waals surface area contributed by atoms with Gasteiger partial charge in [-0.15, -0.1) is 11.3 Å². The van der Waals surface area contributed by atoms with E-state index in [0.29, 0.717) is 16.5 Å². The monoisotopic (exact) mass is 317 g/mol. The molecule has 1 rings (SSSR count). The van der Waals surface area contributed by atoms with Gasteiger partial charge < -0.3 is 4.74 Å². The number of halogens is 2. The summed E-state index contributed by atoms with van der Waals surface area (Å²) in [4.78, 5) is 16.9. The van der Waals surface area contributed by atoms with Gasteiger partial charge >= 0.3 is 5.97 Å². The normalized spacial score (nSPS) is 10.8. The third-order valence-electron chi connectivity index (χ3n) is 3.37. The summed E-state index contributed by atoms with van der Waals surface area (Å²) >= 11 is 1.34. The van der Waals surface area contributed by atoms with E-state index in [-0.39, 0.29) is 18.6 Å². The molecule has 1 heterocycles. The van der Waals surface area contributed by atoms with E-state index in [1.807, 2.05) is 0 Å². The zero-order valence-electron chi connectivity index (χ0n) is 12.8. The lowest BCUT2D eigenvalue weighted by atomic mass is 10.1. The number of carbonyl (C=O) groups is 1. The Morgan fingerprint density at radius 2 is 1.95 bits per heavy atom. The molecule has 0 aliphatic heterocycles. The molecule has 0 aromatic carbocycles. The standard InChI is InChI=1S/C15H21F2NO2S/c1-5-11(6-2)14-18-10(4)12(21-14)15(19)20-8-7-9(3)13(16)17/h11H,5-8H2,1-4H3. The second-order valence-corrected chi connectivity index (χ2v) is 5.94. The van der Waals surface area contributed by atoms with Crippen molar-refractivity contribution in [2.24, 2.45) is 0 Å². The van der Waals surface area contributed by atoms with Crippen LogP contribution < -0.4 is 0 Å². The number of hydrogen-bond acceptors (Lipinski definition) is 4. The maximum absolute atomic E-state index is 12.2.